The molecule has 0 fully saturated rings. The summed E-state index contributed by atoms with van der Waals surface area (Å²) in [4.78, 5) is 16.5. The highest BCUT2D eigenvalue weighted by Gasteiger charge is 2.16. The summed E-state index contributed by atoms with van der Waals surface area (Å²) in [5.41, 5.74) is 1.65. The first-order chi connectivity index (χ1) is 12.6. The van der Waals surface area contributed by atoms with Gasteiger partial charge in [-0.1, -0.05) is 28.9 Å². The lowest BCUT2D eigenvalue weighted by atomic mass is 10.2. The van der Waals surface area contributed by atoms with Crippen molar-refractivity contribution in [2.24, 2.45) is 0 Å². The van der Waals surface area contributed by atoms with Crippen LogP contribution in [0.1, 0.15) is 22.0 Å². The number of hydrogen-bond donors (Lipinski definition) is 1. The number of aryl methyl sites for hydroxylation is 1. The van der Waals surface area contributed by atoms with Crippen molar-refractivity contribution in [1.82, 2.24) is 30.1 Å². The number of carbonyl (C=O) groups is 1. The normalized spacial score (nSPS) is 11.0. The van der Waals surface area contributed by atoms with Crippen molar-refractivity contribution in [1.29, 1.82) is 0 Å². The molecule has 0 unspecified atom stereocenters. The molecule has 1 N–H and O–H groups in total. The number of pyridine rings is 1. The van der Waals surface area contributed by atoms with Crippen LogP contribution in [0.4, 0.5) is 0 Å². The van der Waals surface area contributed by atoms with E-state index >= 15 is 0 Å². The van der Waals surface area contributed by atoms with Crippen LogP contribution in [-0.4, -0.2) is 30.6 Å². The van der Waals surface area contributed by atoms with Gasteiger partial charge < -0.3 is 9.84 Å². The zero-order valence-electron chi connectivity index (χ0n) is 13.7. The maximum Gasteiger partial charge on any atom is 0.261 e. The van der Waals surface area contributed by atoms with Crippen LogP contribution in [0.5, 0.6) is 0 Å². The monoisotopic (exact) mass is 368 g/mol. The van der Waals surface area contributed by atoms with Crippen LogP contribution in [0.3, 0.4) is 0 Å². The van der Waals surface area contributed by atoms with Gasteiger partial charge in [-0.3, -0.25) is 9.20 Å². The van der Waals surface area contributed by atoms with E-state index in [1.807, 2.05) is 12.1 Å². The van der Waals surface area contributed by atoms with Crippen molar-refractivity contribution in [3.8, 4) is 11.5 Å². The topological polar surface area (TPSA) is 98.2 Å². The van der Waals surface area contributed by atoms with Crippen LogP contribution in [0, 0.1) is 6.92 Å². The van der Waals surface area contributed by atoms with Crippen LogP contribution in [-0.2, 0) is 6.54 Å². The highest BCUT2D eigenvalue weighted by Crippen LogP contribution is 2.22. The molecule has 8 nitrogen and oxygen atoms in total. The summed E-state index contributed by atoms with van der Waals surface area (Å²) in [5.74, 6) is 1.19. The van der Waals surface area contributed by atoms with Gasteiger partial charge in [0, 0.05) is 6.20 Å². The number of carbonyl (C=O) groups excluding carboxylic acids is 1. The Morgan fingerprint density at radius 1 is 1.23 bits per heavy atom. The van der Waals surface area contributed by atoms with Crippen molar-refractivity contribution >= 4 is 23.2 Å². The smallest absolute Gasteiger partial charge is 0.261 e. The first kappa shape index (κ1) is 16.2. The summed E-state index contributed by atoms with van der Waals surface area (Å²) in [5, 5.41) is 15.3. The van der Waals surface area contributed by atoms with E-state index in [0.717, 1.165) is 0 Å². The highest BCUT2D eigenvalue weighted by atomic mass is 35.5. The molecule has 0 aliphatic carbocycles. The average Bonchev–Trinajstić information content (AvgIpc) is 3.26. The van der Waals surface area contributed by atoms with E-state index in [1.54, 1.807) is 41.8 Å². The Morgan fingerprint density at radius 3 is 2.85 bits per heavy atom. The maximum atomic E-state index is 12.3. The van der Waals surface area contributed by atoms with Crippen molar-refractivity contribution in [3.05, 3.63) is 64.8 Å². The molecule has 3 aromatic heterocycles. The highest BCUT2D eigenvalue weighted by molar-refractivity contribution is 6.33. The van der Waals surface area contributed by atoms with Crippen molar-refractivity contribution in [2.75, 3.05) is 0 Å². The van der Waals surface area contributed by atoms with E-state index in [2.05, 4.69) is 25.7 Å². The summed E-state index contributed by atoms with van der Waals surface area (Å²) < 4.78 is 6.98. The Labute approximate surface area is 152 Å². The molecular weight excluding hydrogens is 356 g/mol. The molecular formula is C17H13ClN6O2. The fraction of sp³-hybridized carbons (Fsp3) is 0.118. The quantitative estimate of drug-likeness (QED) is 0.594. The van der Waals surface area contributed by atoms with Gasteiger partial charge in [-0.15, -0.1) is 10.2 Å². The summed E-state index contributed by atoms with van der Waals surface area (Å²) in [7, 11) is 0. The number of hydrogen-bond acceptors (Lipinski definition) is 6. The number of aromatic nitrogens is 5. The molecule has 0 bridgehead atoms. The van der Waals surface area contributed by atoms with Crippen LogP contribution < -0.4 is 5.32 Å². The largest absolute Gasteiger partial charge is 0.345 e. The van der Waals surface area contributed by atoms with Gasteiger partial charge in [-0.25, -0.2) is 0 Å². The molecule has 26 heavy (non-hydrogen) atoms. The van der Waals surface area contributed by atoms with Gasteiger partial charge in [0.1, 0.15) is 0 Å². The number of halogens is 1. The molecule has 1 amide bonds. The number of nitrogens with zero attached hydrogens (tertiary/aromatic N) is 5. The number of rotatable bonds is 4. The Bertz CT molecular complexity index is 1100. The predicted octanol–water partition coefficient (Wildman–Crippen LogP) is 2.67. The average molecular weight is 369 g/mol. The Morgan fingerprint density at radius 2 is 2.08 bits per heavy atom. The first-order valence-electron chi connectivity index (χ1n) is 7.79. The lowest BCUT2D eigenvalue weighted by molar-refractivity contribution is 0.0950. The first-order valence-corrected chi connectivity index (χ1v) is 8.17. The number of benzene rings is 1. The fourth-order valence-corrected chi connectivity index (χ4v) is 2.78. The maximum absolute atomic E-state index is 12.3. The molecule has 4 rings (SSSR count). The minimum Gasteiger partial charge on any atom is -0.345 e. The van der Waals surface area contributed by atoms with Gasteiger partial charge in [-0.2, -0.15) is 4.98 Å². The Balaban J connectivity index is 1.60. The zero-order chi connectivity index (χ0) is 18.1. The van der Waals surface area contributed by atoms with Crippen LogP contribution in [0.15, 0.2) is 47.1 Å². The van der Waals surface area contributed by atoms with Crippen molar-refractivity contribution in [2.45, 2.75) is 13.5 Å². The van der Waals surface area contributed by atoms with E-state index in [0.29, 0.717) is 39.3 Å². The second kappa shape index (κ2) is 6.57. The van der Waals surface area contributed by atoms with Crippen molar-refractivity contribution < 1.29 is 9.32 Å². The van der Waals surface area contributed by atoms with Crippen LogP contribution in [0.25, 0.3) is 17.1 Å². The Kier molecular flexibility index (Phi) is 4.10. The van der Waals surface area contributed by atoms with Gasteiger partial charge in [0.25, 0.3) is 11.8 Å². The third kappa shape index (κ3) is 2.91. The van der Waals surface area contributed by atoms with Crippen LogP contribution in [0.2, 0.25) is 5.02 Å². The van der Waals surface area contributed by atoms with Gasteiger partial charge >= 0.3 is 0 Å². The molecule has 0 saturated heterocycles. The van der Waals surface area contributed by atoms with E-state index in [-0.39, 0.29) is 12.5 Å². The van der Waals surface area contributed by atoms with E-state index in [4.69, 9.17) is 16.1 Å². The minimum atomic E-state index is -0.281. The van der Waals surface area contributed by atoms with E-state index in [9.17, 15) is 4.79 Å². The standard InChI is InChI=1S/C17H13ClN6O2/c1-10-20-17(26-23-10)12-6-4-8-24-14(21-22-15(12)24)9-19-16(25)11-5-2-3-7-13(11)18/h2-8H,9H2,1H3,(H,19,25). The molecule has 130 valence electrons. The van der Waals surface area contributed by atoms with Gasteiger partial charge in [0.2, 0.25) is 0 Å². The van der Waals surface area contributed by atoms with Crippen molar-refractivity contribution in [3.63, 3.8) is 0 Å². The fourth-order valence-electron chi connectivity index (χ4n) is 2.56. The molecule has 0 saturated carbocycles. The molecule has 3 heterocycles. The summed E-state index contributed by atoms with van der Waals surface area (Å²) in [6.45, 7) is 1.93. The number of fused-ring (bicyclic) bond motifs is 1. The molecule has 0 aliphatic heterocycles. The molecule has 9 heteroatoms. The lowest BCUT2D eigenvalue weighted by Crippen LogP contribution is -2.24. The molecule has 4 aromatic rings. The van der Waals surface area contributed by atoms with Crippen LogP contribution >= 0.6 is 11.6 Å². The second-order valence-corrected chi connectivity index (χ2v) is 5.95. The Hall–Kier alpha value is -3.26. The van der Waals surface area contributed by atoms with E-state index in [1.165, 1.54) is 0 Å². The molecule has 0 atom stereocenters. The van der Waals surface area contributed by atoms with Gasteiger partial charge in [0.15, 0.2) is 17.3 Å². The molecule has 0 aliphatic rings. The van der Waals surface area contributed by atoms with Gasteiger partial charge in [0.05, 0.1) is 22.7 Å². The third-order valence-corrected chi connectivity index (χ3v) is 4.12. The minimum absolute atomic E-state index is 0.192. The lowest BCUT2D eigenvalue weighted by Gasteiger charge is -2.06. The summed E-state index contributed by atoms with van der Waals surface area (Å²) in [6.07, 6.45) is 1.80. The summed E-state index contributed by atoms with van der Waals surface area (Å²) in [6, 6.07) is 10.5. The molecule has 0 radical (unpaired) electrons. The predicted molar refractivity (Wildman–Crippen MR) is 93.6 cm³/mol. The molecule has 0 spiro atoms. The summed E-state index contributed by atoms with van der Waals surface area (Å²) >= 11 is 6.05. The zero-order valence-corrected chi connectivity index (χ0v) is 14.4. The molecule has 1 aromatic carbocycles. The second-order valence-electron chi connectivity index (χ2n) is 5.54. The SMILES string of the molecule is Cc1noc(-c2cccn3c(CNC(=O)c4ccccc4Cl)nnc23)n1. The number of nitrogens with one attached hydrogen (secondary N) is 1. The van der Waals surface area contributed by atoms with E-state index < -0.39 is 0 Å². The number of amides is 1. The van der Waals surface area contributed by atoms with Gasteiger partial charge in [-0.05, 0) is 31.2 Å². The third-order valence-electron chi connectivity index (χ3n) is 3.79.